The molecule has 0 saturated carbocycles. The molecule has 0 N–H and O–H groups in total. The fraction of sp³-hybridized carbons (Fsp3) is 0.500. The Kier molecular flexibility index (Phi) is 3.81. The smallest absolute Gasteiger partial charge is 0.122 e. The van der Waals surface area contributed by atoms with Gasteiger partial charge in [0.05, 0.1) is 6.61 Å². The van der Waals surface area contributed by atoms with Gasteiger partial charge in [-0.15, -0.1) is 0 Å². The van der Waals surface area contributed by atoms with Crippen molar-refractivity contribution in [2.24, 2.45) is 0 Å². The second-order valence-electron chi connectivity index (χ2n) is 3.00. The van der Waals surface area contributed by atoms with Crippen LogP contribution in [0.1, 0.15) is 31.4 Å². The van der Waals surface area contributed by atoms with Crippen LogP contribution in [0.4, 0.5) is 0 Å². The van der Waals surface area contributed by atoms with Gasteiger partial charge in [0.25, 0.3) is 0 Å². The Labute approximate surface area is 80.7 Å². The molecule has 1 heteroatoms. The quantitative estimate of drug-likeness (QED) is 0.592. The molecule has 1 nitrogen and oxygen atoms in total. The van der Waals surface area contributed by atoms with E-state index in [2.05, 4.69) is 25.1 Å². The molecule has 0 fully saturated rings. The van der Waals surface area contributed by atoms with Crippen LogP contribution in [0, 0.1) is 6.92 Å². The molecule has 0 radical (unpaired) electrons. The van der Waals surface area contributed by atoms with E-state index in [-0.39, 0.29) is 0 Å². The Morgan fingerprint density at radius 1 is 1.23 bits per heavy atom. The minimum absolute atomic E-state index is 0.885. The van der Waals surface area contributed by atoms with Gasteiger partial charge in [0.1, 0.15) is 5.75 Å². The Balaban J connectivity index is 0.000000396. The van der Waals surface area contributed by atoms with Crippen molar-refractivity contribution < 1.29 is 4.74 Å². The highest BCUT2D eigenvalue weighted by molar-refractivity contribution is 5.40. The van der Waals surface area contributed by atoms with Crippen molar-refractivity contribution in [3.05, 3.63) is 29.3 Å². The van der Waals surface area contributed by atoms with E-state index in [4.69, 9.17) is 4.74 Å². The van der Waals surface area contributed by atoms with E-state index in [0.717, 1.165) is 18.8 Å². The van der Waals surface area contributed by atoms with Crippen LogP contribution in [-0.2, 0) is 6.42 Å². The molecule has 0 saturated heterocycles. The molecular formula is C12H18O. The SMILES string of the molecule is CC.Cc1cccc2c1CCCO2. The average molecular weight is 178 g/mol. The number of ether oxygens (including phenoxy) is 1. The highest BCUT2D eigenvalue weighted by Gasteiger charge is 2.10. The second-order valence-corrected chi connectivity index (χ2v) is 3.00. The van der Waals surface area contributed by atoms with E-state index in [1.807, 2.05) is 13.8 Å². The van der Waals surface area contributed by atoms with Gasteiger partial charge in [0.15, 0.2) is 0 Å². The predicted molar refractivity (Wildman–Crippen MR) is 56.3 cm³/mol. The molecule has 13 heavy (non-hydrogen) atoms. The summed E-state index contributed by atoms with van der Waals surface area (Å²) in [6, 6.07) is 6.26. The lowest BCUT2D eigenvalue weighted by Crippen LogP contribution is -2.09. The van der Waals surface area contributed by atoms with Gasteiger partial charge in [-0.1, -0.05) is 26.0 Å². The lowest BCUT2D eigenvalue weighted by molar-refractivity contribution is 0.288. The monoisotopic (exact) mass is 178 g/mol. The molecule has 0 amide bonds. The van der Waals surface area contributed by atoms with E-state index < -0.39 is 0 Å². The predicted octanol–water partition coefficient (Wildman–Crippen LogP) is 3.35. The lowest BCUT2D eigenvalue weighted by atomic mass is 10.0. The van der Waals surface area contributed by atoms with E-state index >= 15 is 0 Å². The molecule has 1 heterocycles. The van der Waals surface area contributed by atoms with Crippen molar-refractivity contribution in [1.82, 2.24) is 0 Å². The summed E-state index contributed by atoms with van der Waals surface area (Å²) < 4.78 is 5.50. The van der Waals surface area contributed by atoms with Gasteiger partial charge in [0.2, 0.25) is 0 Å². The van der Waals surface area contributed by atoms with Gasteiger partial charge in [-0.05, 0) is 37.0 Å². The summed E-state index contributed by atoms with van der Waals surface area (Å²) in [6.45, 7) is 7.03. The fourth-order valence-electron chi connectivity index (χ4n) is 1.56. The Morgan fingerprint density at radius 2 is 2.00 bits per heavy atom. The van der Waals surface area contributed by atoms with Crippen molar-refractivity contribution >= 4 is 0 Å². The number of rotatable bonds is 0. The third-order valence-corrected chi connectivity index (χ3v) is 2.20. The molecule has 0 atom stereocenters. The number of hydrogen-bond acceptors (Lipinski definition) is 1. The Morgan fingerprint density at radius 3 is 2.69 bits per heavy atom. The third-order valence-electron chi connectivity index (χ3n) is 2.20. The molecule has 1 aliphatic rings. The zero-order chi connectivity index (χ0) is 9.68. The van der Waals surface area contributed by atoms with Gasteiger partial charge < -0.3 is 4.74 Å². The highest BCUT2D eigenvalue weighted by Crippen LogP contribution is 2.26. The van der Waals surface area contributed by atoms with Gasteiger partial charge in [-0.25, -0.2) is 0 Å². The number of aryl methyl sites for hydroxylation is 1. The summed E-state index contributed by atoms with van der Waals surface area (Å²) in [6.07, 6.45) is 2.35. The molecule has 1 aromatic carbocycles. The lowest BCUT2D eigenvalue weighted by Gasteiger charge is -2.18. The summed E-state index contributed by atoms with van der Waals surface area (Å²) in [5, 5.41) is 0. The van der Waals surface area contributed by atoms with Crippen molar-refractivity contribution in [2.45, 2.75) is 33.6 Å². The van der Waals surface area contributed by atoms with Crippen molar-refractivity contribution in [2.75, 3.05) is 6.61 Å². The minimum atomic E-state index is 0.885. The first kappa shape index (κ1) is 10.1. The van der Waals surface area contributed by atoms with E-state index in [1.165, 1.54) is 17.5 Å². The summed E-state index contributed by atoms with van der Waals surface area (Å²) in [5.41, 5.74) is 2.76. The van der Waals surface area contributed by atoms with Gasteiger partial charge in [-0.3, -0.25) is 0 Å². The van der Waals surface area contributed by atoms with Crippen LogP contribution in [0.3, 0.4) is 0 Å². The maximum absolute atomic E-state index is 5.50. The summed E-state index contributed by atoms with van der Waals surface area (Å²) in [5.74, 6) is 1.09. The van der Waals surface area contributed by atoms with Crippen LogP contribution in [0.15, 0.2) is 18.2 Å². The van der Waals surface area contributed by atoms with Gasteiger partial charge >= 0.3 is 0 Å². The first-order valence-corrected chi connectivity index (χ1v) is 5.09. The Hall–Kier alpha value is -0.980. The van der Waals surface area contributed by atoms with E-state index in [9.17, 15) is 0 Å². The Bertz CT molecular complexity index is 266. The standard InChI is InChI=1S/C10H12O.C2H6/c1-8-4-2-6-10-9(8)5-3-7-11-10;1-2/h2,4,6H,3,5,7H2,1H3;1-2H3. The zero-order valence-corrected chi connectivity index (χ0v) is 8.76. The van der Waals surface area contributed by atoms with E-state index in [1.54, 1.807) is 0 Å². The molecule has 0 bridgehead atoms. The van der Waals surface area contributed by atoms with Gasteiger partial charge in [0, 0.05) is 0 Å². The normalized spacial score (nSPS) is 13.5. The zero-order valence-electron chi connectivity index (χ0n) is 8.76. The fourth-order valence-corrected chi connectivity index (χ4v) is 1.56. The maximum atomic E-state index is 5.50. The molecule has 0 aromatic heterocycles. The molecule has 0 aliphatic carbocycles. The van der Waals surface area contributed by atoms with Crippen LogP contribution in [0.25, 0.3) is 0 Å². The first-order valence-electron chi connectivity index (χ1n) is 5.09. The summed E-state index contributed by atoms with van der Waals surface area (Å²) in [7, 11) is 0. The van der Waals surface area contributed by atoms with Crippen molar-refractivity contribution in [3.8, 4) is 5.75 Å². The number of hydrogen-bond donors (Lipinski definition) is 0. The van der Waals surface area contributed by atoms with Crippen molar-refractivity contribution in [3.63, 3.8) is 0 Å². The second kappa shape index (κ2) is 4.90. The first-order chi connectivity index (χ1) is 6.38. The molecule has 0 spiro atoms. The topological polar surface area (TPSA) is 9.23 Å². The van der Waals surface area contributed by atoms with Crippen LogP contribution < -0.4 is 4.74 Å². The highest BCUT2D eigenvalue weighted by atomic mass is 16.5. The minimum Gasteiger partial charge on any atom is -0.493 e. The van der Waals surface area contributed by atoms with Crippen LogP contribution in [-0.4, -0.2) is 6.61 Å². The van der Waals surface area contributed by atoms with Crippen molar-refractivity contribution in [1.29, 1.82) is 0 Å². The number of fused-ring (bicyclic) bond motifs is 1. The molecule has 1 aliphatic heterocycles. The summed E-state index contributed by atoms with van der Waals surface area (Å²) >= 11 is 0. The largest absolute Gasteiger partial charge is 0.493 e. The average Bonchev–Trinajstić information content (AvgIpc) is 2.22. The number of benzene rings is 1. The maximum Gasteiger partial charge on any atom is 0.122 e. The van der Waals surface area contributed by atoms with Gasteiger partial charge in [-0.2, -0.15) is 0 Å². The molecule has 72 valence electrons. The molecular weight excluding hydrogens is 160 g/mol. The third kappa shape index (κ3) is 2.24. The van der Waals surface area contributed by atoms with E-state index in [0.29, 0.717) is 0 Å². The van der Waals surface area contributed by atoms with Crippen LogP contribution in [0.2, 0.25) is 0 Å². The molecule has 2 rings (SSSR count). The molecule has 0 unspecified atom stereocenters. The van der Waals surface area contributed by atoms with Crippen LogP contribution in [0.5, 0.6) is 5.75 Å². The van der Waals surface area contributed by atoms with Crippen LogP contribution >= 0.6 is 0 Å². The summed E-state index contributed by atoms with van der Waals surface area (Å²) in [4.78, 5) is 0. The molecule has 1 aromatic rings.